The van der Waals surface area contributed by atoms with Crippen LogP contribution in [0, 0.1) is 5.41 Å². The number of hydrogen-bond donors (Lipinski definition) is 0. The highest BCUT2D eigenvalue weighted by Gasteiger charge is 2.25. The van der Waals surface area contributed by atoms with Gasteiger partial charge in [0.25, 0.3) is 0 Å². The summed E-state index contributed by atoms with van der Waals surface area (Å²) in [6, 6.07) is 10.7. The molecule has 1 unspecified atom stereocenters. The molecule has 32 heavy (non-hydrogen) atoms. The second-order valence-electron chi connectivity index (χ2n) is 10.2. The van der Waals surface area contributed by atoms with Crippen molar-refractivity contribution in [3.8, 4) is 0 Å². The van der Waals surface area contributed by atoms with E-state index < -0.39 is 0 Å². The standard InChI is InChI=1S/C30H52O2/c1-4-6-8-10-13-20-26-30(3,25-19-9-7-5-2)27-32-29(31)24-18-12-11-15-21-28-22-16-14-17-23-28/h14,16-17,22-23H,4-13,15,18-21,24-27H2,1-3H3. The van der Waals surface area contributed by atoms with Gasteiger partial charge in [0.15, 0.2) is 0 Å². The fraction of sp³-hybridized carbons (Fsp3) is 0.767. The van der Waals surface area contributed by atoms with Crippen molar-refractivity contribution in [1.82, 2.24) is 0 Å². The molecule has 2 heteroatoms. The van der Waals surface area contributed by atoms with E-state index in [0.29, 0.717) is 13.0 Å². The van der Waals surface area contributed by atoms with Crippen molar-refractivity contribution >= 4 is 5.97 Å². The SMILES string of the molecule is CCCCCCCCC(C)(CCCCCC)COC(=O)CCCCCCc1ccccc1. The van der Waals surface area contributed by atoms with Crippen LogP contribution in [0.1, 0.15) is 135 Å². The topological polar surface area (TPSA) is 26.3 Å². The lowest BCUT2D eigenvalue weighted by Crippen LogP contribution is -2.25. The van der Waals surface area contributed by atoms with Gasteiger partial charge in [-0.3, -0.25) is 4.79 Å². The Kier molecular flexibility index (Phi) is 17.2. The molecule has 0 amide bonds. The summed E-state index contributed by atoms with van der Waals surface area (Å²) in [5.41, 5.74) is 1.57. The fourth-order valence-electron chi connectivity index (χ4n) is 4.50. The maximum absolute atomic E-state index is 12.3. The Hall–Kier alpha value is -1.31. The van der Waals surface area contributed by atoms with Gasteiger partial charge in [0, 0.05) is 11.8 Å². The Bertz CT molecular complexity index is 553. The maximum atomic E-state index is 12.3. The minimum Gasteiger partial charge on any atom is -0.465 e. The molecule has 184 valence electrons. The normalized spacial score (nSPS) is 13.1. The van der Waals surface area contributed by atoms with Crippen LogP contribution in [-0.4, -0.2) is 12.6 Å². The summed E-state index contributed by atoms with van der Waals surface area (Å²) in [5, 5.41) is 0. The Balaban J connectivity index is 2.22. The summed E-state index contributed by atoms with van der Waals surface area (Å²) in [4.78, 5) is 12.3. The van der Waals surface area contributed by atoms with E-state index in [0.717, 1.165) is 19.3 Å². The molecule has 0 spiro atoms. The molecule has 0 aliphatic carbocycles. The Labute approximate surface area is 199 Å². The number of rotatable bonds is 21. The lowest BCUT2D eigenvalue weighted by Gasteiger charge is -2.29. The second-order valence-corrected chi connectivity index (χ2v) is 10.2. The molecule has 1 aromatic carbocycles. The number of unbranched alkanes of at least 4 members (excludes halogenated alkanes) is 11. The van der Waals surface area contributed by atoms with E-state index in [1.165, 1.54) is 95.5 Å². The number of benzene rings is 1. The fourth-order valence-corrected chi connectivity index (χ4v) is 4.50. The average molecular weight is 445 g/mol. The van der Waals surface area contributed by atoms with Crippen molar-refractivity contribution in [2.24, 2.45) is 5.41 Å². The maximum Gasteiger partial charge on any atom is 0.305 e. The first-order chi connectivity index (χ1) is 15.6. The highest BCUT2D eigenvalue weighted by molar-refractivity contribution is 5.69. The molecule has 1 aromatic rings. The van der Waals surface area contributed by atoms with Gasteiger partial charge in [-0.25, -0.2) is 0 Å². The first-order valence-electron chi connectivity index (χ1n) is 13.8. The Morgan fingerprint density at radius 3 is 1.91 bits per heavy atom. The number of esters is 1. The number of ether oxygens (including phenoxy) is 1. The monoisotopic (exact) mass is 444 g/mol. The Morgan fingerprint density at radius 1 is 0.719 bits per heavy atom. The zero-order valence-electron chi connectivity index (χ0n) is 21.6. The van der Waals surface area contributed by atoms with E-state index >= 15 is 0 Å². The summed E-state index contributed by atoms with van der Waals surface area (Å²) in [6.07, 6.45) is 21.7. The first-order valence-corrected chi connectivity index (χ1v) is 13.8. The molecule has 1 rings (SSSR count). The summed E-state index contributed by atoms with van der Waals surface area (Å²) in [5.74, 6) is 0.00999. The Morgan fingerprint density at radius 2 is 1.25 bits per heavy atom. The summed E-state index contributed by atoms with van der Waals surface area (Å²) < 4.78 is 5.80. The molecule has 0 saturated carbocycles. The van der Waals surface area contributed by atoms with E-state index in [9.17, 15) is 4.79 Å². The van der Waals surface area contributed by atoms with Crippen molar-refractivity contribution < 1.29 is 9.53 Å². The van der Waals surface area contributed by atoms with E-state index in [1.807, 2.05) is 0 Å². The van der Waals surface area contributed by atoms with Crippen LogP contribution in [0.5, 0.6) is 0 Å². The molecular weight excluding hydrogens is 392 g/mol. The minimum atomic E-state index is 0.00999. The molecule has 0 aliphatic rings. The molecule has 2 nitrogen and oxygen atoms in total. The van der Waals surface area contributed by atoms with Crippen LogP contribution in [0.2, 0.25) is 0 Å². The molecule has 0 aliphatic heterocycles. The van der Waals surface area contributed by atoms with Crippen LogP contribution in [0.25, 0.3) is 0 Å². The summed E-state index contributed by atoms with van der Waals surface area (Å²) in [6.45, 7) is 7.49. The van der Waals surface area contributed by atoms with Gasteiger partial charge in [0.05, 0.1) is 6.61 Å². The lowest BCUT2D eigenvalue weighted by molar-refractivity contribution is -0.147. The van der Waals surface area contributed by atoms with Crippen molar-refractivity contribution in [3.05, 3.63) is 35.9 Å². The molecule has 0 aromatic heterocycles. The molecule has 0 bridgehead atoms. The van der Waals surface area contributed by atoms with Crippen molar-refractivity contribution in [2.75, 3.05) is 6.61 Å². The van der Waals surface area contributed by atoms with Gasteiger partial charge in [-0.15, -0.1) is 0 Å². The van der Waals surface area contributed by atoms with Crippen molar-refractivity contribution in [3.63, 3.8) is 0 Å². The highest BCUT2D eigenvalue weighted by atomic mass is 16.5. The van der Waals surface area contributed by atoms with Gasteiger partial charge in [0.2, 0.25) is 0 Å². The van der Waals surface area contributed by atoms with Gasteiger partial charge < -0.3 is 4.74 Å². The molecule has 0 saturated heterocycles. The van der Waals surface area contributed by atoms with Crippen LogP contribution >= 0.6 is 0 Å². The smallest absolute Gasteiger partial charge is 0.305 e. The van der Waals surface area contributed by atoms with Gasteiger partial charge in [-0.1, -0.05) is 128 Å². The van der Waals surface area contributed by atoms with Gasteiger partial charge in [-0.05, 0) is 37.7 Å². The van der Waals surface area contributed by atoms with Crippen LogP contribution < -0.4 is 0 Å². The van der Waals surface area contributed by atoms with Crippen LogP contribution in [-0.2, 0) is 16.0 Å². The van der Waals surface area contributed by atoms with E-state index in [4.69, 9.17) is 4.74 Å². The average Bonchev–Trinajstić information content (AvgIpc) is 2.81. The summed E-state index contributed by atoms with van der Waals surface area (Å²) >= 11 is 0. The molecule has 0 heterocycles. The molecule has 1 atom stereocenters. The van der Waals surface area contributed by atoms with E-state index in [2.05, 4.69) is 51.1 Å². The van der Waals surface area contributed by atoms with Crippen molar-refractivity contribution in [2.45, 2.75) is 136 Å². The molecule has 0 radical (unpaired) electrons. The van der Waals surface area contributed by atoms with Gasteiger partial charge >= 0.3 is 5.97 Å². The van der Waals surface area contributed by atoms with Gasteiger partial charge in [0.1, 0.15) is 0 Å². The number of carbonyl (C=O) groups is 1. The summed E-state index contributed by atoms with van der Waals surface area (Å²) in [7, 11) is 0. The highest BCUT2D eigenvalue weighted by Crippen LogP contribution is 2.32. The lowest BCUT2D eigenvalue weighted by atomic mass is 9.80. The molecule has 0 N–H and O–H groups in total. The third-order valence-electron chi connectivity index (χ3n) is 6.79. The predicted molar refractivity (Wildman–Crippen MR) is 139 cm³/mol. The molecular formula is C30H52O2. The minimum absolute atomic E-state index is 0.00999. The van der Waals surface area contributed by atoms with Gasteiger partial charge in [-0.2, -0.15) is 0 Å². The third-order valence-corrected chi connectivity index (χ3v) is 6.79. The zero-order valence-corrected chi connectivity index (χ0v) is 21.6. The largest absolute Gasteiger partial charge is 0.465 e. The van der Waals surface area contributed by atoms with Crippen LogP contribution in [0.15, 0.2) is 30.3 Å². The quantitative estimate of drug-likeness (QED) is 0.139. The third kappa shape index (κ3) is 15.5. The second kappa shape index (κ2) is 19.2. The zero-order chi connectivity index (χ0) is 23.3. The van der Waals surface area contributed by atoms with E-state index in [1.54, 1.807) is 0 Å². The van der Waals surface area contributed by atoms with Crippen molar-refractivity contribution in [1.29, 1.82) is 0 Å². The van der Waals surface area contributed by atoms with Crippen LogP contribution in [0.4, 0.5) is 0 Å². The number of aryl methyl sites for hydroxylation is 1. The van der Waals surface area contributed by atoms with Crippen LogP contribution in [0.3, 0.4) is 0 Å². The predicted octanol–water partition coefficient (Wildman–Crippen LogP) is 9.45. The number of hydrogen-bond acceptors (Lipinski definition) is 2. The first kappa shape index (κ1) is 28.7. The number of carbonyl (C=O) groups excluding carboxylic acids is 1. The molecule has 0 fully saturated rings. The van der Waals surface area contributed by atoms with E-state index in [-0.39, 0.29) is 11.4 Å².